The minimum atomic E-state index is -0.506. The molecule has 2 heterocycles. The van der Waals surface area contributed by atoms with Gasteiger partial charge in [0.2, 0.25) is 0 Å². The summed E-state index contributed by atoms with van der Waals surface area (Å²) in [7, 11) is 0. The zero-order valence-corrected chi connectivity index (χ0v) is 10.9. The molecule has 0 fully saturated rings. The number of aromatic nitrogens is 3. The quantitative estimate of drug-likeness (QED) is 0.816. The third kappa shape index (κ3) is 2.59. The molecule has 2 N–H and O–H groups in total. The predicted molar refractivity (Wildman–Crippen MR) is 67.6 cm³/mol. The first-order valence-corrected chi connectivity index (χ1v) is 6.08. The molecule has 0 spiro atoms. The minimum Gasteiger partial charge on any atom is -0.461 e. The molecule has 7 nitrogen and oxygen atoms in total. The van der Waals surface area contributed by atoms with Crippen LogP contribution in [0.2, 0.25) is 0 Å². The molecule has 2 rings (SSSR count). The molecule has 0 bridgehead atoms. The van der Waals surface area contributed by atoms with E-state index in [1.807, 2.05) is 6.92 Å². The fraction of sp³-hybridized carbons (Fsp3) is 0.417. The van der Waals surface area contributed by atoms with Crippen molar-refractivity contribution in [1.29, 1.82) is 0 Å². The molecule has 0 amide bonds. The number of hydrogen-bond acceptors (Lipinski definition) is 6. The van der Waals surface area contributed by atoms with Crippen LogP contribution in [0.25, 0.3) is 0 Å². The number of nitrogens with zero attached hydrogens (tertiary/aromatic N) is 3. The number of imidazole rings is 1. The van der Waals surface area contributed by atoms with Crippen LogP contribution in [0.1, 0.15) is 35.9 Å². The number of carbonyl (C=O) groups is 1. The molecule has 0 aliphatic heterocycles. The standard InChI is InChI=1S/C12H16N4O3/c1-3-9-14-10(12(17)18-4-2)11(13)16(9)7-8-5-6-19-15-8/h5-6H,3-4,7,13H2,1-2H3. The Kier molecular flexibility index (Phi) is 3.84. The van der Waals surface area contributed by atoms with E-state index in [4.69, 9.17) is 15.0 Å². The normalized spacial score (nSPS) is 10.6. The first-order valence-electron chi connectivity index (χ1n) is 6.08. The highest BCUT2D eigenvalue weighted by Crippen LogP contribution is 2.18. The molecular weight excluding hydrogens is 248 g/mol. The summed E-state index contributed by atoms with van der Waals surface area (Å²) in [5.41, 5.74) is 6.84. The second-order valence-corrected chi connectivity index (χ2v) is 3.91. The van der Waals surface area contributed by atoms with Gasteiger partial charge < -0.3 is 19.6 Å². The van der Waals surface area contributed by atoms with Crippen LogP contribution in [0.5, 0.6) is 0 Å². The Balaban J connectivity index is 2.34. The average molecular weight is 264 g/mol. The predicted octanol–water partition coefficient (Wildman–Crippen LogP) is 1.24. The van der Waals surface area contributed by atoms with Crippen LogP contribution < -0.4 is 5.73 Å². The lowest BCUT2D eigenvalue weighted by Gasteiger charge is -2.06. The number of esters is 1. The van der Waals surface area contributed by atoms with Gasteiger partial charge in [-0.05, 0) is 6.92 Å². The maximum absolute atomic E-state index is 11.7. The van der Waals surface area contributed by atoms with Crippen LogP contribution in [-0.4, -0.2) is 27.3 Å². The molecule has 0 aliphatic rings. The first-order chi connectivity index (χ1) is 9.17. The molecule has 0 atom stereocenters. The van der Waals surface area contributed by atoms with E-state index in [9.17, 15) is 4.79 Å². The van der Waals surface area contributed by atoms with Crippen molar-refractivity contribution in [3.05, 3.63) is 29.5 Å². The summed E-state index contributed by atoms with van der Waals surface area (Å²) in [5, 5.41) is 3.82. The van der Waals surface area contributed by atoms with Crippen LogP contribution >= 0.6 is 0 Å². The van der Waals surface area contributed by atoms with Crippen molar-refractivity contribution in [3.8, 4) is 0 Å². The van der Waals surface area contributed by atoms with Gasteiger partial charge in [-0.3, -0.25) is 0 Å². The minimum absolute atomic E-state index is 0.155. The number of anilines is 1. The maximum atomic E-state index is 11.7. The van der Waals surface area contributed by atoms with Crippen molar-refractivity contribution in [2.75, 3.05) is 12.3 Å². The van der Waals surface area contributed by atoms with E-state index in [-0.39, 0.29) is 12.3 Å². The Hall–Kier alpha value is -2.31. The van der Waals surface area contributed by atoms with Gasteiger partial charge in [0.15, 0.2) is 5.69 Å². The van der Waals surface area contributed by atoms with Gasteiger partial charge in [0.25, 0.3) is 0 Å². The van der Waals surface area contributed by atoms with E-state index in [1.54, 1.807) is 17.6 Å². The number of rotatable bonds is 5. The average Bonchev–Trinajstić information content (AvgIpc) is 3.00. The Morgan fingerprint density at radius 3 is 2.89 bits per heavy atom. The molecule has 2 aromatic heterocycles. The number of nitrogens with two attached hydrogens (primary N) is 1. The van der Waals surface area contributed by atoms with Gasteiger partial charge in [-0.2, -0.15) is 0 Å². The van der Waals surface area contributed by atoms with E-state index in [0.29, 0.717) is 30.3 Å². The molecule has 102 valence electrons. The van der Waals surface area contributed by atoms with Gasteiger partial charge in [-0.1, -0.05) is 12.1 Å². The monoisotopic (exact) mass is 264 g/mol. The molecule has 2 aromatic rings. The zero-order chi connectivity index (χ0) is 13.8. The number of aryl methyl sites for hydroxylation is 1. The van der Waals surface area contributed by atoms with Crippen molar-refractivity contribution >= 4 is 11.8 Å². The van der Waals surface area contributed by atoms with Crippen LogP contribution in [-0.2, 0) is 17.7 Å². The number of hydrogen-bond donors (Lipinski definition) is 1. The summed E-state index contributed by atoms with van der Waals surface area (Å²) in [6, 6.07) is 1.74. The SMILES string of the molecule is CCOC(=O)c1nc(CC)n(Cc2ccon2)c1N. The second-order valence-electron chi connectivity index (χ2n) is 3.91. The Labute approximate surface area is 110 Å². The van der Waals surface area contributed by atoms with Crippen LogP contribution in [0.4, 0.5) is 5.82 Å². The smallest absolute Gasteiger partial charge is 0.360 e. The van der Waals surface area contributed by atoms with Gasteiger partial charge >= 0.3 is 5.97 Å². The highest BCUT2D eigenvalue weighted by molar-refractivity contribution is 5.92. The molecule has 0 saturated carbocycles. The van der Waals surface area contributed by atoms with Crippen LogP contribution in [0.15, 0.2) is 16.9 Å². The summed E-state index contributed by atoms with van der Waals surface area (Å²) in [5.74, 6) is 0.496. The van der Waals surface area contributed by atoms with Crippen molar-refractivity contribution in [3.63, 3.8) is 0 Å². The van der Waals surface area contributed by atoms with E-state index in [2.05, 4.69) is 10.1 Å². The summed E-state index contributed by atoms with van der Waals surface area (Å²) in [6.45, 7) is 4.38. The van der Waals surface area contributed by atoms with Gasteiger partial charge in [-0.15, -0.1) is 0 Å². The van der Waals surface area contributed by atoms with E-state index in [1.165, 1.54) is 6.26 Å². The Morgan fingerprint density at radius 1 is 1.53 bits per heavy atom. The zero-order valence-electron chi connectivity index (χ0n) is 10.9. The number of carbonyl (C=O) groups excluding carboxylic acids is 1. The Bertz CT molecular complexity index is 560. The van der Waals surface area contributed by atoms with Crippen molar-refractivity contribution < 1.29 is 14.1 Å². The van der Waals surface area contributed by atoms with Crippen molar-refractivity contribution in [2.45, 2.75) is 26.8 Å². The molecule has 0 unspecified atom stereocenters. The second kappa shape index (κ2) is 5.55. The largest absolute Gasteiger partial charge is 0.461 e. The van der Waals surface area contributed by atoms with Gasteiger partial charge in [0.05, 0.1) is 13.2 Å². The van der Waals surface area contributed by atoms with Crippen LogP contribution in [0, 0.1) is 0 Å². The third-order valence-corrected chi connectivity index (χ3v) is 2.68. The van der Waals surface area contributed by atoms with Gasteiger partial charge in [-0.25, -0.2) is 9.78 Å². The molecular formula is C12H16N4O3. The molecule has 0 aliphatic carbocycles. The summed E-state index contributed by atoms with van der Waals surface area (Å²) >= 11 is 0. The lowest BCUT2D eigenvalue weighted by Crippen LogP contribution is -2.11. The molecule has 0 aromatic carbocycles. The highest BCUT2D eigenvalue weighted by atomic mass is 16.5. The maximum Gasteiger partial charge on any atom is 0.360 e. The first kappa shape index (κ1) is 13.1. The third-order valence-electron chi connectivity index (χ3n) is 2.68. The summed E-state index contributed by atoms with van der Waals surface area (Å²) in [6.07, 6.45) is 2.14. The van der Waals surface area contributed by atoms with Crippen molar-refractivity contribution in [2.24, 2.45) is 0 Å². The lowest BCUT2D eigenvalue weighted by atomic mass is 10.4. The van der Waals surface area contributed by atoms with E-state index in [0.717, 1.165) is 0 Å². The summed E-state index contributed by atoms with van der Waals surface area (Å²) < 4.78 is 11.4. The van der Waals surface area contributed by atoms with E-state index >= 15 is 0 Å². The van der Waals surface area contributed by atoms with E-state index < -0.39 is 5.97 Å². The summed E-state index contributed by atoms with van der Waals surface area (Å²) in [4.78, 5) is 16.0. The fourth-order valence-corrected chi connectivity index (χ4v) is 1.79. The van der Waals surface area contributed by atoms with Crippen LogP contribution in [0.3, 0.4) is 0 Å². The number of ether oxygens (including phenoxy) is 1. The topological polar surface area (TPSA) is 96.2 Å². The Morgan fingerprint density at radius 2 is 2.32 bits per heavy atom. The van der Waals surface area contributed by atoms with Crippen molar-refractivity contribution in [1.82, 2.24) is 14.7 Å². The molecule has 0 saturated heterocycles. The molecule has 19 heavy (non-hydrogen) atoms. The highest BCUT2D eigenvalue weighted by Gasteiger charge is 2.21. The number of nitrogen functional groups attached to an aromatic ring is 1. The lowest BCUT2D eigenvalue weighted by molar-refractivity contribution is 0.0521. The molecule has 0 radical (unpaired) electrons. The fourth-order valence-electron chi connectivity index (χ4n) is 1.79. The van der Waals surface area contributed by atoms with Gasteiger partial charge in [0.1, 0.15) is 23.6 Å². The molecule has 7 heteroatoms. The van der Waals surface area contributed by atoms with Gasteiger partial charge in [0, 0.05) is 12.5 Å².